The molecule has 0 bridgehead atoms. The van der Waals surface area contributed by atoms with Crippen LogP contribution in [0.2, 0.25) is 0 Å². The molecule has 0 atom stereocenters. The molecule has 20 heavy (non-hydrogen) atoms. The first-order chi connectivity index (χ1) is 9.54. The zero-order valence-corrected chi connectivity index (χ0v) is 12.6. The second-order valence-electron chi connectivity index (χ2n) is 5.43. The van der Waals surface area contributed by atoms with Crippen LogP contribution in [0.5, 0.6) is 0 Å². The first-order valence-corrected chi connectivity index (χ1v) is 8.44. The first-order valence-electron chi connectivity index (χ1n) is 7.00. The Kier molecular flexibility index (Phi) is 4.79. The van der Waals surface area contributed by atoms with Gasteiger partial charge >= 0.3 is 0 Å². The molecule has 1 aliphatic carbocycles. The van der Waals surface area contributed by atoms with Crippen molar-refractivity contribution in [2.75, 3.05) is 13.6 Å². The summed E-state index contributed by atoms with van der Waals surface area (Å²) in [6.07, 6.45) is 5.87. The minimum absolute atomic E-state index is 0.204. The van der Waals surface area contributed by atoms with Gasteiger partial charge in [-0.05, 0) is 37.0 Å². The van der Waals surface area contributed by atoms with E-state index in [1.165, 1.54) is 29.6 Å². The van der Waals surface area contributed by atoms with Gasteiger partial charge in [0, 0.05) is 13.6 Å². The van der Waals surface area contributed by atoms with Crippen LogP contribution in [0.4, 0.5) is 0 Å². The van der Waals surface area contributed by atoms with Crippen LogP contribution in [0, 0.1) is 17.2 Å². The Hall–Kier alpha value is -1.38. The standard InChI is InChI=1S/C15H20N2O2S/c1-17(12-13-6-3-2-4-7-13)20(18,19)15-9-5-8-14(10-15)11-16/h5,8-10,13H,2-4,6-7,12H2,1H3. The van der Waals surface area contributed by atoms with Gasteiger partial charge in [0.15, 0.2) is 0 Å². The molecule has 1 saturated carbocycles. The summed E-state index contributed by atoms with van der Waals surface area (Å²) < 4.78 is 26.4. The maximum Gasteiger partial charge on any atom is 0.242 e. The second-order valence-corrected chi connectivity index (χ2v) is 7.47. The van der Waals surface area contributed by atoms with Gasteiger partial charge in [-0.25, -0.2) is 12.7 Å². The minimum atomic E-state index is -3.49. The molecule has 1 aromatic rings. The molecule has 0 N–H and O–H groups in total. The van der Waals surface area contributed by atoms with Crippen molar-refractivity contribution >= 4 is 10.0 Å². The Morgan fingerprint density at radius 1 is 1.30 bits per heavy atom. The van der Waals surface area contributed by atoms with Gasteiger partial charge < -0.3 is 0 Å². The fourth-order valence-electron chi connectivity index (χ4n) is 2.74. The molecule has 108 valence electrons. The number of hydrogen-bond donors (Lipinski definition) is 0. The Labute approximate surface area is 121 Å². The van der Waals surface area contributed by atoms with Crippen LogP contribution < -0.4 is 0 Å². The van der Waals surface area contributed by atoms with E-state index in [0.29, 0.717) is 18.0 Å². The average molecular weight is 292 g/mol. The van der Waals surface area contributed by atoms with Crippen LogP contribution in [0.1, 0.15) is 37.7 Å². The molecule has 0 heterocycles. The molecule has 1 fully saturated rings. The summed E-state index contributed by atoms with van der Waals surface area (Å²) in [5.41, 5.74) is 0.372. The van der Waals surface area contributed by atoms with Crippen LogP contribution in [-0.4, -0.2) is 26.3 Å². The summed E-state index contributed by atoms with van der Waals surface area (Å²) in [7, 11) is -1.86. The van der Waals surface area contributed by atoms with Crippen molar-refractivity contribution in [1.29, 1.82) is 5.26 Å². The Balaban J connectivity index is 2.14. The number of nitriles is 1. The highest BCUT2D eigenvalue weighted by Crippen LogP contribution is 2.26. The fourth-order valence-corrected chi connectivity index (χ4v) is 4.03. The van der Waals surface area contributed by atoms with Crippen LogP contribution in [-0.2, 0) is 10.0 Å². The third kappa shape index (κ3) is 3.38. The summed E-state index contributed by atoms with van der Waals surface area (Å²) in [5.74, 6) is 0.461. The van der Waals surface area contributed by atoms with Gasteiger partial charge in [-0.1, -0.05) is 25.3 Å². The molecule has 0 unspecified atom stereocenters. The summed E-state index contributed by atoms with van der Waals surface area (Å²) >= 11 is 0. The molecule has 1 aliphatic rings. The zero-order chi connectivity index (χ0) is 14.6. The van der Waals surface area contributed by atoms with Crippen molar-refractivity contribution < 1.29 is 8.42 Å². The lowest BCUT2D eigenvalue weighted by molar-refractivity contribution is 0.300. The normalized spacial score (nSPS) is 17.1. The molecule has 0 saturated heterocycles. The quantitative estimate of drug-likeness (QED) is 0.857. The SMILES string of the molecule is CN(CC1CCCCC1)S(=O)(=O)c1cccc(C#N)c1. The van der Waals surface area contributed by atoms with E-state index in [-0.39, 0.29) is 4.90 Å². The van der Waals surface area contributed by atoms with E-state index in [0.717, 1.165) is 12.8 Å². The first kappa shape index (κ1) is 15.0. The van der Waals surface area contributed by atoms with Gasteiger partial charge in [0.05, 0.1) is 16.5 Å². The maximum absolute atomic E-state index is 12.5. The smallest absolute Gasteiger partial charge is 0.207 e. The van der Waals surface area contributed by atoms with Crippen LogP contribution in [0.3, 0.4) is 0 Å². The number of rotatable bonds is 4. The van der Waals surface area contributed by atoms with E-state index in [9.17, 15) is 8.42 Å². The number of hydrogen-bond acceptors (Lipinski definition) is 3. The average Bonchev–Trinajstić information content (AvgIpc) is 2.48. The summed E-state index contributed by atoms with van der Waals surface area (Å²) in [5, 5.41) is 8.87. The minimum Gasteiger partial charge on any atom is -0.207 e. The maximum atomic E-state index is 12.5. The van der Waals surface area contributed by atoms with Crippen molar-refractivity contribution in [2.24, 2.45) is 5.92 Å². The van der Waals surface area contributed by atoms with Crippen LogP contribution >= 0.6 is 0 Å². The number of nitrogens with zero attached hydrogens (tertiary/aromatic N) is 2. The lowest BCUT2D eigenvalue weighted by Gasteiger charge is -2.26. The van der Waals surface area contributed by atoms with Gasteiger partial charge in [0.1, 0.15) is 0 Å². The van der Waals surface area contributed by atoms with Gasteiger partial charge in [-0.2, -0.15) is 5.26 Å². The summed E-state index contributed by atoms with van der Waals surface area (Å²) in [6, 6.07) is 8.19. The molecule has 1 aromatic carbocycles. The van der Waals surface area contributed by atoms with Gasteiger partial charge in [0.2, 0.25) is 10.0 Å². The largest absolute Gasteiger partial charge is 0.242 e. The van der Waals surface area contributed by atoms with Gasteiger partial charge in [-0.15, -0.1) is 0 Å². The molecule has 0 aliphatic heterocycles. The van der Waals surface area contributed by atoms with Crippen LogP contribution in [0.25, 0.3) is 0 Å². The zero-order valence-electron chi connectivity index (χ0n) is 11.7. The van der Waals surface area contributed by atoms with Crippen molar-refractivity contribution in [3.05, 3.63) is 29.8 Å². The lowest BCUT2D eigenvalue weighted by atomic mass is 9.89. The Morgan fingerprint density at radius 2 is 2.00 bits per heavy atom. The fraction of sp³-hybridized carbons (Fsp3) is 0.533. The molecule has 4 nitrogen and oxygen atoms in total. The molecule has 0 amide bonds. The molecular formula is C15H20N2O2S. The second kappa shape index (κ2) is 6.38. The van der Waals surface area contributed by atoms with Crippen molar-refractivity contribution in [2.45, 2.75) is 37.0 Å². The molecule has 5 heteroatoms. The number of benzene rings is 1. The Bertz CT molecular complexity index is 599. The topological polar surface area (TPSA) is 61.2 Å². The number of sulfonamides is 1. The van der Waals surface area contributed by atoms with E-state index in [2.05, 4.69) is 0 Å². The van der Waals surface area contributed by atoms with E-state index < -0.39 is 10.0 Å². The summed E-state index contributed by atoms with van der Waals surface area (Å²) in [6.45, 7) is 0.569. The monoisotopic (exact) mass is 292 g/mol. The van der Waals surface area contributed by atoms with E-state index in [1.54, 1.807) is 25.2 Å². The highest BCUT2D eigenvalue weighted by Gasteiger charge is 2.24. The van der Waals surface area contributed by atoms with Crippen molar-refractivity contribution in [3.63, 3.8) is 0 Å². The van der Waals surface area contributed by atoms with Crippen molar-refractivity contribution in [3.8, 4) is 6.07 Å². The van der Waals surface area contributed by atoms with Gasteiger partial charge in [-0.3, -0.25) is 0 Å². The van der Waals surface area contributed by atoms with Gasteiger partial charge in [0.25, 0.3) is 0 Å². The Morgan fingerprint density at radius 3 is 2.65 bits per heavy atom. The third-order valence-electron chi connectivity index (χ3n) is 3.91. The van der Waals surface area contributed by atoms with Crippen molar-refractivity contribution in [1.82, 2.24) is 4.31 Å². The van der Waals surface area contributed by atoms with E-state index >= 15 is 0 Å². The lowest BCUT2D eigenvalue weighted by Crippen LogP contribution is -2.32. The summed E-state index contributed by atoms with van der Waals surface area (Å²) in [4.78, 5) is 0.204. The molecule has 0 radical (unpaired) electrons. The van der Waals surface area contributed by atoms with E-state index in [4.69, 9.17) is 5.26 Å². The highest BCUT2D eigenvalue weighted by molar-refractivity contribution is 7.89. The third-order valence-corrected chi connectivity index (χ3v) is 5.73. The molecule has 0 aromatic heterocycles. The molecular weight excluding hydrogens is 272 g/mol. The van der Waals surface area contributed by atoms with E-state index in [1.807, 2.05) is 6.07 Å². The molecule has 0 spiro atoms. The molecule has 2 rings (SSSR count). The predicted octanol–water partition coefficient (Wildman–Crippen LogP) is 2.76. The predicted molar refractivity (Wildman–Crippen MR) is 77.5 cm³/mol. The van der Waals surface area contributed by atoms with Crippen LogP contribution in [0.15, 0.2) is 29.2 Å². The highest BCUT2D eigenvalue weighted by atomic mass is 32.2.